The first-order chi connectivity index (χ1) is 7.22. The highest BCUT2D eigenvalue weighted by Crippen LogP contribution is 2.49. The quantitative estimate of drug-likeness (QED) is 0.769. The molecule has 84 valence electrons. The fourth-order valence-corrected chi connectivity index (χ4v) is 3.58. The maximum atomic E-state index is 11.4. The number of rotatable bonds is 3. The van der Waals surface area contributed by atoms with Crippen LogP contribution < -0.4 is 0 Å². The molecule has 0 bridgehead atoms. The third kappa shape index (κ3) is 1.40. The van der Waals surface area contributed by atoms with Gasteiger partial charge in [-0.3, -0.25) is 9.69 Å². The Labute approximate surface area is 90.5 Å². The smallest absolute Gasteiger partial charge is 0.311 e. The molecule has 3 heteroatoms. The molecule has 3 rings (SSSR count). The van der Waals surface area contributed by atoms with Gasteiger partial charge in [0.2, 0.25) is 0 Å². The van der Waals surface area contributed by atoms with Crippen molar-refractivity contribution in [3.8, 4) is 0 Å². The van der Waals surface area contributed by atoms with Crippen LogP contribution in [0.15, 0.2) is 0 Å². The number of hydrogen-bond donors (Lipinski definition) is 1. The molecule has 3 fully saturated rings. The normalized spacial score (nSPS) is 40.7. The molecule has 0 radical (unpaired) electrons. The Morgan fingerprint density at radius 3 is 2.80 bits per heavy atom. The van der Waals surface area contributed by atoms with Gasteiger partial charge in [0.15, 0.2) is 0 Å². The molecule has 1 aliphatic heterocycles. The van der Waals surface area contributed by atoms with Crippen molar-refractivity contribution in [2.75, 3.05) is 13.1 Å². The van der Waals surface area contributed by atoms with Crippen molar-refractivity contribution in [2.24, 2.45) is 11.3 Å². The highest BCUT2D eigenvalue weighted by Gasteiger charge is 2.55. The predicted octanol–water partition coefficient (Wildman–Crippen LogP) is 1.73. The zero-order valence-corrected chi connectivity index (χ0v) is 9.11. The first-order valence-corrected chi connectivity index (χ1v) is 6.20. The van der Waals surface area contributed by atoms with Crippen LogP contribution in [0.3, 0.4) is 0 Å². The van der Waals surface area contributed by atoms with Gasteiger partial charge in [0.1, 0.15) is 0 Å². The van der Waals surface area contributed by atoms with E-state index in [1.165, 1.54) is 19.4 Å². The van der Waals surface area contributed by atoms with E-state index < -0.39 is 5.97 Å². The average Bonchev–Trinajstić information content (AvgIpc) is 2.78. The molecule has 2 saturated carbocycles. The van der Waals surface area contributed by atoms with Crippen molar-refractivity contribution in [1.29, 1.82) is 0 Å². The number of carboxylic acids is 1. The zero-order valence-electron chi connectivity index (χ0n) is 9.11. The van der Waals surface area contributed by atoms with Crippen molar-refractivity contribution in [1.82, 2.24) is 4.90 Å². The SMILES string of the molecule is O=C(O)[C@]12CCC[C@H]1N(CC1CC1)CC2. The number of carbonyl (C=O) groups is 1. The summed E-state index contributed by atoms with van der Waals surface area (Å²) in [6.07, 6.45) is 6.75. The van der Waals surface area contributed by atoms with Gasteiger partial charge in [-0.15, -0.1) is 0 Å². The minimum Gasteiger partial charge on any atom is -0.481 e. The molecule has 0 aromatic heterocycles. The standard InChI is InChI=1S/C12H19NO2/c14-11(15)12-5-1-2-10(12)13(7-6-12)8-9-3-4-9/h9-10H,1-8H2,(H,14,15)/t10-,12+/m1/s1. The lowest BCUT2D eigenvalue weighted by molar-refractivity contribution is -0.149. The summed E-state index contributed by atoms with van der Waals surface area (Å²) >= 11 is 0. The van der Waals surface area contributed by atoms with E-state index in [0.717, 1.165) is 38.1 Å². The lowest BCUT2D eigenvalue weighted by Gasteiger charge is -2.28. The molecule has 0 amide bonds. The van der Waals surface area contributed by atoms with Crippen LogP contribution >= 0.6 is 0 Å². The summed E-state index contributed by atoms with van der Waals surface area (Å²) in [5.41, 5.74) is -0.366. The van der Waals surface area contributed by atoms with Gasteiger partial charge in [-0.1, -0.05) is 6.42 Å². The highest BCUT2D eigenvalue weighted by atomic mass is 16.4. The van der Waals surface area contributed by atoms with Crippen molar-refractivity contribution in [2.45, 2.75) is 44.6 Å². The van der Waals surface area contributed by atoms with Crippen LogP contribution in [0.4, 0.5) is 0 Å². The fourth-order valence-electron chi connectivity index (χ4n) is 3.58. The van der Waals surface area contributed by atoms with Gasteiger partial charge in [-0.05, 0) is 44.6 Å². The summed E-state index contributed by atoms with van der Waals surface area (Å²) < 4.78 is 0. The molecular weight excluding hydrogens is 190 g/mol. The Morgan fingerprint density at radius 1 is 1.33 bits per heavy atom. The molecule has 15 heavy (non-hydrogen) atoms. The molecule has 0 unspecified atom stereocenters. The molecule has 0 spiro atoms. The third-order valence-electron chi connectivity index (χ3n) is 4.64. The van der Waals surface area contributed by atoms with Crippen LogP contribution in [0.1, 0.15) is 38.5 Å². The molecule has 1 N–H and O–H groups in total. The zero-order chi connectivity index (χ0) is 10.5. The van der Waals surface area contributed by atoms with E-state index in [1.807, 2.05) is 0 Å². The summed E-state index contributed by atoms with van der Waals surface area (Å²) in [7, 11) is 0. The summed E-state index contributed by atoms with van der Waals surface area (Å²) in [6, 6.07) is 0.357. The maximum Gasteiger partial charge on any atom is 0.311 e. The van der Waals surface area contributed by atoms with Crippen molar-refractivity contribution in [3.63, 3.8) is 0 Å². The van der Waals surface area contributed by atoms with Crippen LogP contribution in [0.5, 0.6) is 0 Å². The maximum absolute atomic E-state index is 11.4. The number of likely N-dealkylation sites (tertiary alicyclic amines) is 1. The Bertz CT molecular complexity index is 287. The Balaban J connectivity index is 1.77. The van der Waals surface area contributed by atoms with Gasteiger partial charge < -0.3 is 5.11 Å². The van der Waals surface area contributed by atoms with E-state index >= 15 is 0 Å². The molecule has 1 heterocycles. The monoisotopic (exact) mass is 209 g/mol. The highest BCUT2D eigenvalue weighted by molar-refractivity contribution is 5.76. The molecule has 3 nitrogen and oxygen atoms in total. The van der Waals surface area contributed by atoms with E-state index in [2.05, 4.69) is 4.90 Å². The van der Waals surface area contributed by atoms with Crippen molar-refractivity contribution in [3.05, 3.63) is 0 Å². The molecule has 2 aliphatic carbocycles. The van der Waals surface area contributed by atoms with E-state index in [-0.39, 0.29) is 5.41 Å². The minimum absolute atomic E-state index is 0.357. The Morgan fingerprint density at radius 2 is 2.13 bits per heavy atom. The fraction of sp³-hybridized carbons (Fsp3) is 0.917. The number of aliphatic carboxylic acids is 1. The van der Waals surface area contributed by atoms with Crippen LogP contribution in [0.2, 0.25) is 0 Å². The van der Waals surface area contributed by atoms with Crippen LogP contribution in [-0.2, 0) is 4.79 Å². The molecule has 2 atom stereocenters. The molecular formula is C12H19NO2. The van der Waals surface area contributed by atoms with Gasteiger partial charge in [-0.25, -0.2) is 0 Å². The van der Waals surface area contributed by atoms with Crippen LogP contribution in [0.25, 0.3) is 0 Å². The Hall–Kier alpha value is -0.570. The van der Waals surface area contributed by atoms with E-state index in [9.17, 15) is 9.90 Å². The van der Waals surface area contributed by atoms with Crippen molar-refractivity contribution >= 4 is 5.97 Å². The van der Waals surface area contributed by atoms with Gasteiger partial charge in [0.05, 0.1) is 5.41 Å². The van der Waals surface area contributed by atoms with Gasteiger partial charge in [0.25, 0.3) is 0 Å². The second-order valence-corrected chi connectivity index (χ2v) is 5.56. The summed E-state index contributed by atoms with van der Waals surface area (Å²) in [5.74, 6) is 0.346. The predicted molar refractivity (Wildman–Crippen MR) is 56.6 cm³/mol. The average molecular weight is 209 g/mol. The summed E-state index contributed by atoms with van der Waals surface area (Å²) in [6.45, 7) is 2.19. The molecule has 1 saturated heterocycles. The number of nitrogens with zero attached hydrogens (tertiary/aromatic N) is 1. The van der Waals surface area contributed by atoms with E-state index in [0.29, 0.717) is 6.04 Å². The Kier molecular flexibility index (Phi) is 2.06. The van der Waals surface area contributed by atoms with Crippen LogP contribution in [0, 0.1) is 11.3 Å². The van der Waals surface area contributed by atoms with E-state index in [1.54, 1.807) is 0 Å². The van der Waals surface area contributed by atoms with Crippen molar-refractivity contribution < 1.29 is 9.90 Å². The lowest BCUT2D eigenvalue weighted by Crippen LogP contribution is -2.41. The summed E-state index contributed by atoms with van der Waals surface area (Å²) in [4.78, 5) is 13.9. The second kappa shape index (κ2) is 3.21. The van der Waals surface area contributed by atoms with E-state index in [4.69, 9.17) is 0 Å². The molecule has 3 aliphatic rings. The first-order valence-electron chi connectivity index (χ1n) is 6.20. The second-order valence-electron chi connectivity index (χ2n) is 5.56. The topological polar surface area (TPSA) is 40.5 Å². The van der Waals surface area contributed by atoms with Crippen LogP contribution in [-0.4, -0.2) is 35.1 Å². The lowest BCUT2D eigenvalue weighted by atomic mass is 9.82. The minimum atomic E-state index is -0.539. The largest absolute Gasteiger partial charge is 0.481 e. The molecule has 0 aromatic carbocycles. The number of carboxylic acid groups (broad SMARTS) is 1. The molecule has 0 aromatic rings. The number of fused-ring (bicyclic) bond motifs is 1. The van der Waals surface area contributed by atoms with Gasteiger partial charge in [-0.2, -0.15) is 0 Å². The van der Waals surface area contributed by atoms with Gasteiger partial charge in [0, 0.05) is 12.6 Å². The number of hydrogen-bond acceptors (Lipinski definition) is 2. The third-order valence-corrected chi connectivity index (χ3v) is 4.64. The summed E-state index contributed by atoms with van der Waals surface area (Å²) in [5, 5.41) is 9.42. The first kappa shape index (κ1) is 9.64. The van der Waals surface area contributed by atoms with Gasteiger partial charge >= 0.3 is 5.97 Å².